The van der Waals surface area contributed by atoms with Crippen molar-refractivity contribution >= 4 is 17.0 Å². The van der Waals surface area contributed by atoms with Crippen LogP contribution < -0.4 is 5.73 Å². The van der Waals surface area contributed by atoms with Crippen molar-refractivity contribution in [2.24, 2.45) is 5.73 Å². The number of hydrogen-bond acceptors (Lipinski definition) is 6. The number of nitrogens with zero attached hydrogens (tertiary/aromatic N) is 5. The lowest BCUT2D eigenvalue weighted by molar-refractivity contribution is -0.136. The van der Waals surface area contributed by atoms with Crippen LogP contribution in [-0.2, 0) is 28.7 Å². The zero-order valence-electron chi connectivity index (χ0n) is 19.2. The van der Waals surface area contributed by atoms with Gasteiger partial charge >= 0.3 is 6.18 Å². The van der Waals surface area contributed by atoms with Crippen LogP contribution in [0.4, 0.5) is 13.2 Å². The van der Waals surface area contributed by atoms with Gasteiger partial charge in [-0.1, -0.05) is 6.07 Å². The molecule has 1 aliphatic heterocycles. The second-order valence-electron chi connectivity index (χ2n) is 8.30. The topological polar surface area (TPSA) is 114 Å². The molecule has 0 spiro atoms. The second-order valence-corrected chi connectivity index (χ2v) is 8.30. The first-order valence-corrected chi connectivity index (χ1v) is 11.1. The number of aromatic amines is 1. The number of pyridine rings is 2. The van der Waals surface area contributed by atoms with Crippen LogP contribution in [0, 0.1) is 0 Å². The third-order valence-electron chi connectivity index (χ3n) is 6.10. The number of ether oxygens (including phenoxy) is 1. The molecule has 5 heterocycles. The van der Waals surface area contributed by atoms with E-state index in [0.717, 1.165) is 21.8 Å². The molecule has 5 rings (SSSR count). The number of rotatable bonds is 5. The summed E-state index contributed by atoms with van der Waals surface area (Å²) in [7, 11) is 1.57. The third-order valence-corrected chi connectivity index (χ3v) is 6.10. The summed E-state index contributed by atoms with van der Waals surface area (Å²) >= 11 is 0. The van der Waals surface area contributed by atoms with Gasteiger partial charge in [0.05, 0.1) is 46.7 Å². The fourth-order valence-corrected chi connectivity index (χ4v) is 4.46. The summed E-state index contributed by atoms with van der Waals surface area (Å²) in [6.45, 7) is 0.643. The number of imidazole rings is 1. The Balaban J connectivity index is 1.57. The first kappa shape index (κ1) is 23.5. The Morgan fingerprint density at radius 2 is 2.14 bits per heavy atom. The quantitative estimate of drug-likeness (QED) is 0.410. The van der Waals surface area contributed by atoms with Gasteiger partial charge in [0.2, 0.25) is 0 Å². The summed E-state index contributed by atoms with van der Waals surface area (Å²) in [6.07, 6.45) is 1.63. The molecule has 0 bridgehead atoms. The summed E-state index contributed by atoms with van der Waals surface area (Å²) in [5.41, 5.74) is 7.84. The maximum Gasteiger partial charge on any atom is 0.418 e. The van der Waals surface area contributed by atoms with E-state index in [4.69, 9.17) is 10.5 Å². The smallest absolute Gasteiger partial charge is 0.404 e. The SMILES string of the molecule is COCc1ccc(/C(=C\N)C(=O)N2CCc3[nH]cnc3C2c2cc3c(C(F)(F)F)cccn3n2)nc1. The lowest BCUT2D eigenvalue weighted by atomic mass is 9.97. The summed E-state index contributed by atoms with van der Waals surface area (Å²) < 4.78 is 47.1. The molecule has 0 fully saturated rings. The maximum absolute atomic E-state index is 13.8. The minimum absolute atomic E-state index is 0.111. The number of hydrogen-bond donors (Lipinski definition) is 2. The highest BCUT2D eigenvalue weighted by Crippen LogP contribution is 2.37. The molecule has 0 saturated carbocycles. The first-order valence-electron chi connectivity index (χ1n) is 11.1. The van der Waals surface area contributed by atoms with Crippen molar-refractivity contribution in [3.05, 3.63) is 89.2 Å². The molecule has 9 nitrogen and oxygen atoms in total. The summed E-state index contributed by atoms with van der Waals surface area (Å²) in [5, 5.41) is 4.40. The van der Waals surface area contributed by atoms with Crippen LogP contribution in [0.3, 0.4) is 0 Å². The van der Waals surface area contributed by atoms with E-state index in [1.165, 1.54) is 35.8 Å². The third kappa shape index (κ3) is 4.09. The lowest BCUT2D eigenvalue weighted by Gasteiger charge is -2.34. The van der Waals surface area contributed by atoms with E-state index in [1.807, 2.05) is 0 Å². The highest BCUT2D eigenvalue weighted by molar-refractivity contribution is 6.19. The van der Waals surface area contributed by atoms with Gasteiger partial charge in [0.25, 0.3) is 5.91 Å². The van der Waals surface area contributed by atoms with E-state index < -0.39 is 23.7 Å². The summed E-state index contributed by atoms with van der Waals surface area (Å²) in [6, 6.07) is 6.26. The number of nitrogens with one attached hydrogen (secondary N) is 1. The fraction of sp³-hybridized carbons (Fsp3) is 0.250. The number of halogens is 3. The molecule has 0 aromatic carbocycles. The van der Waals surface area contributed by atoms with Gasteiger partial charge in [-0.05, 0) is 29.8 Å². The Bertz CT molecular complexity index is 1440. The van der Waals surface area contributed by atoms with Gasteiger partial charge in [-0.15, -0.1) is 0 Å². The zero-order chi connectivity index (χ0) is 25.4. The second kappa shape index (κ2) is 9.11. The highest BCUT2D eigenvalue weighted by Gasteiger charge is 2.39. The van der Waals surface area contributed by atoms with E-state index in [0.29, 0.717) is 24.4 Å². The number of alkyl halides is 3. The number of amides is 1. The van der Waals surface area contributed by atoms with Gasteiger partial charge in [0.1, 0.15) is 6.04 Å². The molecular weight excluding hydrogens is 475 g/mol. The number of H-pyrrole nitrogens is 1. The highest BCUT2D eigenvalue weighted by atomic mass is 19.4. The Morgan fingerprint density at radius 1 is 1.31 bits per heavy atom. The average Bonchev–Trinajstić information content (AvgIpc) is 3.51. The Hall–Kier alpha value is -4.19. The van der Waals surface area contributed by atoms with E-state index >= 15 is 0 Å². The van der Waals surface area contributed by atoms with Crippen LogP contribution in [0.5, 0.6) is 0 Å². The number of fused-ring (bicyclic) bond motifs is 2. The minimum Gasteiger partial charge on any atom is -0.404 e. The van der Waals surface area contributed by atoms with Crippen LogP contribution >= 0.6 is 0 Å². The van der Waals surface area contributed by atoms with Crippen LogP contribution in [-0.4, -0.2) is 49.0 Å². The number of nitrogens with two attached hydrogens (primary N) is 1. The molecule has 1 unspecified atom stereocenters. The average molecular weight is 497 g/mol. The summed E-state index contributed by atoms with van der Waals surface area (Å²) in [4.78, 5) is 27.1. The molecule has 1 aliphatic rings. The number of carbonyl (C=O) groups is 1. The molecule has 36 heavy (non-hydrogen) atoms. The standard InChI is InChI=1S/C24H22F3N7O2/c1-36-12-14-4-5-17(29-11-14)15(10-28)23(35)33-8-6-18-21(31-13-30-18)22(33)19-9-20-16(24(25,26)27)3-2-7-34(20)32-19/h2-5,7,9-11,13,22H,6,8,12,28H2,1H3,(H,30,31)/b15-10+. The van der Waals surface area contributed by atoms with Crippen molar-refractivity contribution in [1.29, 1.82) is 0 Å². The van der Waals surface area contributed by atoms with Crippen LogP contribution in [0.15, 0.2) is 55.3 Å². The lowest BCUT2D eigenvalue weighted by Crippen LogP contribution is -2.41. The molecule has 0 aliphatic carbocycles. The normalized spacial score (nSPS) is 16.4. The molecule has 12 heteroatoms. The van der Waals surface area contributed by atoms with Crippen molar-refractivity contribution < 1.29 is 22.7 Å². The van der Waals surface area contributed by atoms with E-state index in [9.17, 15) is 18.0 Å². The molecule has 4 aromatic rings. The Kier molecular flexibility index (Phi) is 5.96. The van der Waals surface area contributed by atoms with Crippen molar-refractivity contribution in [2.75, 3.05) is 13.7 Å². The maximum atomic E-state index is 13.8. The van der Waals surface area contributed by atoms with Gasteiger partial charge in [-0.2, -0.15) is 18.3 Å². The van der Waals surface area contributed by atoms with Crippen LogP contribution in [0.25, 0.3) is 11.1 Å². The van der Waals surface area contributed by atoms with Crippen molar-refractivity contribution in [3.63, 3.8) is 0 Å². The molecule has 3 N–H and O–H groups in total. The van der Waals surface area contributed by atoms with Gasteiger partial charge < -0.3 is 20.4 Å². The van der Waals surface area contributed by atoms with Crippen molar-refractivity contribution in [1.82, 2.24) is 29.5 Å². The number of aromatic nitrogens is 5. The van der Waals surface area contributed by atoms with Crippen LogP contribution in [0.2, 0.25) is 0 Å². The first-order chi connectivity index (χ1) is 17.3. The van der Waals surface area contributed by atoms with Gasteiger partial charge in [0.15, 0.2) is 0 Å². The minimum atomic E-state index is -4.56. The molecule has 186 valence electrons. The van der Waals surface area contributed by atoms with E-state index in [2.05, 4.69) is 20.1 Å². The molecule has 1 amide bonds. The Labute approximate surface area is 203 Å². The fourth-order valence-electron chi connectivity index (χ4n) is 4.46. The van der Waals surface area contributed by atoms with Gasteiger partial charge in [0, 0.05) is 44.4 Å². The number of methoxy groups -OCH3 is 1. The molecule has 0 radical (unpaired) electrons. The largest absolute Gasteiger partial charge is 0.418 e. The Morgan fingerprint density at radius 3 is 2.83 bits per heavy atom. The van der Waals surface area contributed by atoms with Crippen molar-refractivity contribution in [2.45, 2.75) is 25.2 Å². The molecule has 1 atom stereocenters. The van der Waals surface area contributed by atoms with Gasteiger partial charge in [-0.3, -0.25) is 9.78 Å². The van der Waals surface area contributed by atoms with E-state index in [1.54, 1.807) is 25.4 Å². The zero-order valence-corrected chi connectivity index (χ0v) is 19.2. The summed E-state index contributed by atoms with van der Waals surface area (Å²) in [5.74, 6) is -0.434. The van der Waals surface area contributed by atoms with E-state index in [-0.39, 0.29) is 23.3 Å². The van der Waals surface area contributed by atoms with Gasteiger partial charge in [-0.25, -0.2) is 9.50 Å². The molecule has 0 saturated heterocycles. The predicted molar refractivity (Wildman–Crippen MR) is 123 cm³/mol. The molecule has 4 aromatic heterocycles. The predicted octanol–water partition coefficient (Wildman–Crippen LogP) is 3.09. The molecular formula is C24H22F3N7O2. The monoisotopic (exact) mass is 497 g/mol. The number of carbonyl (C=O) groups excluding carboxylic acids is 1. The van der Waals surface area contributed by atoms with Crippen LogP contribution in [0.1, 0.15) is 39.9 Å². The van der Waals surface area contributed by atoms with Crippen molar-refractivity contribution in [3.8, 4) is 0 Å².